The van der Waals surface area contributed by atoms with Gasteiger partial charge in [0.25, 0.3) is 0 Å². The van der Waals surface area contributed by atoms with E-state index in [1.165, 1.54) is 11.3 Å². The summed E-state index contributed by atoms with van der Waals surface area (Å²) in [6, 6.07) is 1.91. The van der Waals surface area contributed by atoms with E-state index in [1.807, 2.05) is 18.4 Å². The van der Waals surface area contributed by atoms with Crippen molar-refractivity contribution in [3.63, 3.8) is 0 Å². The number of rotatable bonds is 3. The molecule has 0 atom stereocenters. The minimum atomic E-state index is -0.903. The van der Waals surface area contributed by atoms with E-state index in [0.717, 1.165) is 10.4 Å². The molecule has 0 radical (unpaired) electrons. The van der Waals surface area contributed by atoms with Gasteiger partial charge in [-0.15, -0.1) is 11.3 Å². The summed E-state index contributed by atoms with van der Waals surface area (Å²) in [6.07, 6.45) is 1.65. The first-order valence-electron chi connectivity index (χ1n) is 5.30. The number of carboxylic acid groups (broad SMARTS) is 1. The highest BCUT2D eigenvalue weighted by Gasteiger charge is 2.33. The van der Waals surface area contributed by atoms with E-state index in [0.29, 0.717) is 18.8 Å². The molecule has 1 N–H and O–H groups in total. The summed E-state index contributed by atoms with van der Waals surface area (Å²) in [6.45, 7) is 4.63. The average molecular weight is 254 g/mol. The normalized spacial score (nSPS) is 19.5. The third-order valence-corrected chi connectivity index (χ3v) is 3.56. The number of aliphatic carboxylic acids is 1. The summed E-state index contributed by atoms with van der Waals surface area (Å²) in [5.41, 5.74) is 1.25. The second kappa shape index (κ2) is 4.60. The Morgan fingerprint density at radius 3 is 2.76 bits per heavy atom. The lowest BCUT2D eigenvalue weighted by Gasteiger charge is -2.20. The molecule has 5 heteroatoms. The van der Waals surface area contributed by atoms with Gasteiger partial charge in [0.1, 0.15) is 0 Å². The molecule has 0 bridgehead atoms. The molecule has 0 aliphatic carbocycles. The fourth-order valence-electron chi connectivity index (χ4n) is 1.62. The molecule has 92 valence electrons. The van der Waals surface area contributed by atoms with Crippen LogP contribution in [0.3, 0.4) is 0 Å². The molecular formula is C12H14O4S. The standard InChI is InChI=1S/C12H14O4S/c1-8(11(13)14)5-10-6-9(7-17-10)12(2)15-3-4-16-12/h5-7H,3-4H2,1-2H3,(H,13,14). The Kier molecular flexibility index (Phi) is 3.33. The maximum atomic E-state index is 10.7. The smallest absolute Gasteiger partial charge is 0.331 e. The van der Waals surface area contributed by atoms with Gasteiger partial charge in [-0.2, -0.15) is 0 Å². The van der Waals surface area contributed by atoms with E-state index >= 15 is 0 Å². The van der Waals surface area contributed by atoms with E-state index in [1.54, 1.807) is 13.0 Å². The fraction of sp³-hybridized carbons (Fsp3) is 0.417. The van der Waals surface area contributed by atoms with Crippen LogP contribution in [-0.2, 0) is 20.1 Å². The summed E-state index contributed by atoms with van der Waals surface area (Å²) in [5.74, 6) is -1.58. The lowest BCUT2D eigenvalue weighted by Crippen LogP contribution is -2.21. The summed E-state index contributed by atoms with van der Waals surface area (Å²) in [7, 11) is 0. The number of ether oxygens (including phenoxy) is 2. The quantitative estimate of drug-likeness (QED) is 0.842. The third-order valence-electron chi connectivity index (χ3n) is 2.68. The molecule has 2 rings (SSSR count). The van der Waals surface area contributed by atoms with E-state index in [4.69, 9.17) is 14.6 Å². The molecule has 0 aromatic carbocycles. The number of carbonyl (C=O) groups is 1. The van der Waals surface area contributed by atoms with Crippen LogP contribution >= 0.6 is 11.3 Å². The van der Waals surface area contributed by atoms with Crippen molar-refractivity contribution in [2.45, 2.75) is 19.6 Å². The first kappa shape index (κ1) is 12.3. The van der Waals surface area contributed by atoms with Crippen LogP contribution in [-0.4, -0.2) is 24.3 Å². The molecule has 1 aromatic rings. The van der Waals surface area contributed by atoms with Crippen molar-refractivity contribution in [1.82, 2.24) is 0 Å². The van der Waals surface area contributed by atoms with Crippen LogP contribution in [0.15, 0.2) is 17.0 Å². The Bertz CT molecular complexity index is 455. The van der Waals surface area contributed by atoms with E-state index in [2.05, 4.69) is 0 Å². The predicted octanol–water partition coefficient (Wildman–Crippen LogP) is 2.46. The molecule has 0 spiro atoms. The number of hydrogen-bond donors (Lipinski definition) is 1. The van der Waals surface area contributed by atoms with Crippen LogP contribution in [0.1, 0.15) is 24.3 Å². The summed E-state index contributed by atoms with van der Waals surface area (Å²) >= 11 is 1.48. The number of carboxylic acids is 1. The van der Waals surface area contributed by atoms with Gasteiger partial charge >= 0.3 is 5.97 Å². The lowest BCUT2D eigenvalue weighted by molar-refractivity contribution is -0.149. The largest absolute Gasteiger partial charge is 0.478 e. The van der Waals surface area contributed by atoms with E-state index < -0.39 is 11.8 Å². The van der Waals surface area contributed by atoms with Crippen LogP contribution in [0.25, 0.3) is 6.08 Å². The van der Waals surface area contributed by atoms with Gasteiger partial charge in [0.15, 0.2) is 5.79 Å². The molecule has 1 aliphatic rings. The van der Waals surface area contributed by atoms with Crippen molar-refractivity contribution in [1.29, 1.82) is 0 Å². The van der Waals surface area contributed by atoms with Crippen molar-refractivity contribution >= 4 is 23.4 Å². The van der Waals surface area contributed by atoms with E-state index in [9.17, 15) is 4.79 Å². The van der Waals surface area contributed by atoms with Gasteiger partial charge in [0, 0.05) is 16.0 Å². The zero-order valence-electron chi connectivity index (χ0n) is 9.73. The van der Waals surface area contributed by atoms with Crippen LogP contribution in [0.5, 0.6) is 0 Å². The van der Waals surface area contributed by atoms with Crippen LogP contribution in [0, 0.1) is 0 Å². The number of thiophene rings is 1. The molecule has 1 aliphatic heterocycles. The molecule has 17 heavy (non-hydrogen) atoms. The van der Waals surface area contributed by atoms with Gasteiger partial charge in [0.05, 0.1) is 13.2 Å². The van der Waals surface area contributed by atoms with E-state index in [-0.39, 0.29) is 0 Å². The highest BCUT2D eigenvalue weighted by Crippen LogP contribution is 2.34. The second-order valence-electron chi connectivity index (χ2n) is 4.01. The molecule has 4 nitrogen and oxygen atoms in total. The molecular weight excluding hydrogens is 240 g/mol. The summed E-state index contributed by atoms with van der Waals surface area (Å²) in [5, 5.41) is 10.7. The molecule has 1 saturated heterocycles. The van der Waals surface area contributed by atoms with Crippen molar-refractivity contribution in [3.8, 4) is 0 Å². The fourth-order valence-corrected chi connectivity index (χ4v) is 2.61. The molecule has 1 fully saturated rings. The number of hydrogen-bond acceptors (Lipinski definition) is 4. The maximum Gasteiger partial charge on any atom is 0.331 e. The van der Waals surface area contributed by atoms with Crippen LogP contribution in [0.4, 0.5) is 0 Å². The Labute approximate surface area is 103 Å². The predicted molar refractivity (Wildman–Crippen MR) is 64.9 cm³/mol. The Morgan fingerprint density at radius 2 is 2.18 bits per heavy atom. The topological polar surface area (TPSA) is 55.8 Å². The Morgan fingerprint density at radius 1 is 1.53 bits per heavy atom. The van der Waals surface area contributed by atoms with Gasteiger partial charge in [0.2, 0.25) is 0 Å². The average Bonchev–Trinajstić information content (AvgIpc) is 2.88. The summed E-state index contributed by atoms with van der Waals surface area (Å²) < 4.78 is 11.1. The molecule has 1 aromatic heterocycles. The Hall–Kier alpha value is -1.17. The summed E-state index contributed by atoms with van der Waals surface area (Å²) in [4.78, 5) is 11.6. The first-order valence-corrected chi connectivity index (χ1v) is 6.18. The Balaban J connectivity index is 2.22. The SMILES string of the molecule is CC(=Cc1cc(C2(C)OCCO2)cs1)C(=O)O. The highest BCUT2D eigenvalue weighted by atomic mass is 32.1. The minimum absolute atomic E-state index is 0.316. The van der Waals surface area contributed by atoms with Gasteiger partial charge < -0.3 is 14.6 Å². The first-order chi connectivity index (χ1) is 8.01. The van der Waals surface area contributed by atoms with Crippen LogP contribution in [0.2, 0.25) is 0 Å². The zero-order valence-corrected chi connectivity index (χ0v) is 10.5. The molecule has 0 amide bonds. The monoisotopic (exact) mass is 254 g/mol. The molecule has 0 unspecified atom stereocenters. The molecule has 0 saturated carbocycles. The van der Waals surface area contributed by atoms with Crippen molar-refractivity contribution in [3.05, 3.63) is 27.5 Å². The van der Waals surface area contributed by atoms with Gasteiger partial charge in [-0.25, -0.2) is 4.79 Å². The second-order valence-corrected chi connectivity index (χ2v) is 4.96. The van der Waals surface area contributed by atoms with Crippen molar-refractivity contribution in [2.24, 2.45) is 0 Å². The minimum Gasteiger partial charge on any atom is -0.478 e. The molecule has 2 heterocycles. The lowest BCUT2D eigenvalue weighted by atomic mass is 10.1. The van der Waals surface area contributed by atoms with Crippen molar-refractivity contribution < 1.29 is 19.4 Å². The van der Waals surface area contributed by atoms with Gasteiger partial charge in [-0.3, -0.25) is 0 Å². The maximum absolute atomic E-state index is 10.7. The van der Waals surface area contributed by atoms with Gasteiger partial charge in [-0.1, -0.05) is 0 Å². The van der Waals surface area contributed by atoms with Gasteiger partial charge in [-0.05, 0) is 31.4 Å². The zero-order chi connectivity index (χ0) is 12.5. The van der Waals surface area contributed by atoms with Crippen molar-refractivity contribution in [2.75, 3.05) is 13.2 Å². The van der Waals surface area contributed by atoms with Crippen LogP contribution < -0.4 is 0 Å². The third kappa shape index (κ3) is 2.57. The highest BCUT2D eigenvalue weighted by molar-refractivity contribution is 7.11.